The van der Waals surface area contributed by atoms with E-state index < -0.39 is 97.7 Å². The van der Waals surface area contributed by atoms with Gasteiger partial charge in [0, 0.05) is 11.3 Å². The summed E-state index contributed by atoms with van der Waals surface area (Å²) in [5.41, 5.74) is 2.93. The summed E-state index contributed by atoms with van der Waals surface area (Å²) in [5.74, 6) is -3.04. The van der Waals surface area contributed by atoms with Crippen LogP contribution in [0, 0.1) is 11.7 Å². The zero-order valence-electron chi connectivity index (χ0n) is 30.8. The van der Waals surface area contributed by atoms with Crippen LogP contribution in [0.3, 0.4) is 0 Å². The van der Waals surface area contributed by atoms with Crippen molar-refractivity contribution in [2.45, 2.75) is 86.2 Å². The maximum absolute atomic E-state index is 13.9. The van der Waals surface area contributed by atoms with E-state index in [0.717, 1.165) is 0 Å². The molecule has 16 heteroatoms. The summed E-state index contributed by atoms with van der Waals surface area (Å²) in [6, 6.07) is 25.0. The van der Waals surface area contributed by atoms with E-state index in [1.54, 1.807) is 77.7 Å². The molecule has 3 aliphatic rings. The van der Waals surface area contributed by atoms with Gasteiger partial charge in [0.15, 0.2) is 6.10 Å². The Kier molecular flexibility index (Phi) is 12.2. The average molecular weight is 806 g/mol. The van der Waals surface area contributed by atoms with Crippen molar-refractivity contribution in [1.82, 2.24) is 0 Å². The third kappa shape index (κ3) is 7.96. The van der Waals surface area contributed by atoms with Crippen LogP contribution in [0.15, 0.2) is 97.1 Å². The molecule has 3 saturated heterocycles. The normalized spacial score (nSPS) is 31.7. The van der Waals surface area contributed by atoms with Crippen LogP contribution >= 0.6 is 0 Å². The van der Waals surface area contributed by atoms with Crippen molar-refractivity contribution in [2.24, 2.45) is 5.92 Å². The van der Waals surface area contributed by atoms with Crippen LogP contribution in [-0.4, -0.2) is 120 Å². The molecule has 0 saturated carbocycles. The molecule has 15 nitrogen and oxygen atoms in total. The number of halogens is 1. The SMILES string of the molecule is O=C(O)C1O[C@@H](Oc2cc(-c3ccc(C4O[C@H](CO)[C@@H](O)[C@H](O)[C@H]4O)cc3)ccc2[C@@H]2[C@@H](CC[C@H](O)c3ccc(F)cc3)C(=O)N2c2ccccc2)C(O)[C@@H](O)[C@@H]1O. The minimum Gasteiger partial charge on any atom is -0.479 e. The summed E-state index contributed by atoms with van der Waals surface area (Å²) < 4.78 is 31.0. The van der Waals surface area contributed by atoms with E-state index in [-0.39, 0.29) is 24.5 Å². The van der Waals surface area contributed by atoms with Crippen LogP contribution < -0.4 is 9.64 Å². The van der Waals surface area contributed by atoms with Gasteiger partial charge in [0.05, 0.1) is 24.7 Å². The molecule has 3 unspecified atom stereocenters. The monoisotopic (exact) mass is 805 g/mol. The highest BCUT2D eigenvalue weighted by Crippen LogP contribution is 2.50. The highest BCUT2D eigenvalue weighted by Gasteiger charge is 2.52. The zero-order chi connectivity index (χ0) is 41.4. The Morgan fingerprint density at radius 2 is 1.43 bits per heavy atom. The third-order valence-electron chi connectivity index (χ3n) is 11.1. The van der Waals surface area contributed by atoms with Crippen LogP contribution in [0.1, 0.15) is 47.8 Å². The number of nitrogens with zero attached hydrogens (tertiary/aromatic N) is 1. The van der Waals surface area contributed by atoms with Gasteiger partial charge in [0.25, 0.3) is 0 Å². The van der Waals surface area contributed by atoms with E-state index in [4.69, 9.17) is 14.2 Å². The molecular weight excluding hydrogens is 761 g/mol. The summed E-state index contributed by atoms with van der Waals surface area (Å²) in [6.45, 7) is -0.596. The molecule has 0 aromatic heterocycles. The smallest absolute Gasteiger partial charge is 0.335 e. The molecule has 0 spiro atoms. The van der Waals surface area contributed by atoms with Crippen molar-refractivity contribution in [2.75, 3.05) is 11.5 Å². The molecule has 308 valence electrons. The van der Waals surface area contributed by atoms with E-state index in [1.807, 2.05) is 0 Å². The van der Waals surface area contributed by atoms with Gasteiger partial charge in [-0.15, -0.1) is 0 Å². The van der Waals surface area contributed by atoms with Gasteiger partial charge >= 0.3 is 5.97 Å². The summed E-state index contributed by atoms with van der Waals surface area (Å²) >= 11 is 0. The number of carbonyl (C=O) groups is 2. The van der Waals surface area contributed by atoms with Crippen molar-refractivity contribution in [1.29, 1.82) is 0 Å². The average Bonchev–Trinajstić information content (AvgIpc) is 3.23. The molecule has 58 heavy (non-hydrogen) atoms. The van der Waals surface area contributed by atoms with Gasteiger partial charge in [0.2, 0.25) is 12.2 Å². The van der Waals surface area contributed by atoms with Crippen molar-refractivity contribution in [3.05, 3.63) is 120 Å². The first-order chi connectivity index (χ1) is 27.8. The largest absolute Gasteiger partial charge is 0.479 e. The van der Waals surface area contributed by atoms with Gasteiger partial charge in [0.1, 0.15) is 60.4 Å². The molecule has 4 aromatic carbocycles. The maximum Gasteiger partial charge on any atom is 0.335 e. The molecule has 13 atom stereocenters. The number of rotatable bonds is 12. The molecule has 0 aliphatic carbocycles. The molecule has 3 heterocycles. The summed E-state index contributed by atoms with van der Waals surface area (Å²) in [4.78, 5) is 27.4. The fourth-order valence-corrected chi connectivity index (χ4v) is 7.83. The first kappa shape index (κ1) is 41.3. The number of aliphatic hydroxyl groups excluding tert-OH is 8. The summed E-state index contributed by atoms with van der Waals surface area (Å²) in [7, 11) is 0. The van der Waals surface area contributed by atoms with E-state index in [0.29, 0.717) is 33.5 Å². The van der Waals surface area contributed by atoms with E-state index >= 15 is 0 Å². The number of β-lactam (4-membered cyclic amide) rings is 1. The number of anilines is 1. The van der Waals surface area contributed by atoms with Crippen molar-refractivity contribution in [3.63, 3.8) is 0 Å². The van der Waals surface area contributed by atoms with Crippen molar-refractivity contribution in [3.8, 4) is 16.9 Å². The first-order valence-electron chi connectivity index (χ1n) is 18.7. The Labute approximate surface area is 331 Å². The van der Waals surface area contributed by atoms with Crippen LogP contribution in [0.25, 0.3) is 11.1 Å². The Bertz CT molecular complexity index is 2050. The second kappa shape index (κ2) is 17.2. The Morgan fingerprint density at radius 3 is 2.09 bits per heavy atom. The highest BCUT2D eigenvalue weighted by molar-refractivity contribution is 6.03. The van der Waals surface area contributed by atoms with Crippen molar-refractivity contribution < 1.29 is 74.1 Å². The van der Waals surface area contributed by atoms with Gasteiger partial charge in [-0.25, -0.2) is 9.18 Å². The minimum atomic E-state index is -1.98. The first-order valence-corrected chi connectivity index (χ1v) is 18.7. The number of para-hydroxylation sites is 1. The predicted molar refractivity (Wildman–Crippen MR) is 200 cm³/mol. The third-order valence-corrected chi connectivity index (χ3v) is 11.1. The molecule has 7 rings (SSSR count). The fraction of sp³-hybridized carbons (Fsp3) is 0.381. The lowest BCUT2D eigenvalue weighted by Gasteiger charge is -2.48. The van der Waals surface area contributed by atoms with Crippen LogP contribution in [0.2, 0.25) is 0 Å². The van der Waals surface area contributed by atoms with Crippen molar-refractivity contribution >= 4 is 17.6 Å². The number of aliphatic carboxylic acids is 1. The van der Waals surface area contributed by atoms with E-state index in [1.165, 1.54) is 24.3 Å². The molecule has 9 N–H and O–H groups in total. The van der Waals surface area contributed by atoms with Crippen LogP contribution in [0.5, 0.6) is 5.75 Å². The van der Waals surface area contributed by atoms with Gasteiger partial charge in [-0.3, -0.25) is 4.79 Å². The number of carboxylic acids is 1. The number of ether oxygens (including phenoxy) is 3. The van der Waals surface area contributed by atoms with Crippen LogP contribution in [-0.2, 0) is 19.1 Å². The summed E-state index contributed by atoms with van der Waals surface area (Å²) in [6.07, 6.45) is -17.1. The van der Waals surface area contributed by atoms with Gasteiger partial charge in [-0.1, -0.05) is 66.7 Å². The molecular formula is C42H44FNO14. The minimum absolute atomic E-state index is 0.0230. The van der Waals surface area contributed by atoms with Gasteiger partial charge < -0.3 is 65.1 Å². The number of carboxylic acid groups (broad SMARTS) is 1. The lowest BCUT2D eigenvalue weighted by Crippen LogP contribution is -2.61. The Morgan fingerprint density at radius 1 is 0.776 bits per heavy atom. The molecule has 3 fully saturated rings. The quantitative estimate of drug-likeness (QED) is 0.0922. The number of benzene rings is 4. The highest BCUT2D eigenvalue weighted by atomic mass is 19.1. The zero-order valence-corrected chi connectivity index (χ0v) is 30.8. The number of carbonyl (C=O) groups excluding carboxylic acids is 1. The second-order valence-corrected chi connectivity index (χ2v) is 14.7. The second-order valence-electron chi connectivity index (χ2n) is 14.7. The molecule has 0 radical (unpaired) electrons. The van der Waals surface area contributed by atoms with Crippen LogP contribution in [0.4, 0.5) is 10.1 Å². The molecule has 3 aliphatic heterocycles. The number of aliphatic hydroxyl groups is 8. The molecule has 4 aromatic rings. The topological polar surface area (TPSA) is 247 Å². The van der Waals surface area contributed by atoms with E-state index in [2.05, 4.69) is 0 Å². The lowest BCUT2D eigenvalue weighted by molar-refractivity contribution is -0.271. The Hall–Kier alpha value is -4.85. The van der Waals surface area contributed by atoms with Gasteiger partial charge in [-0.05, 0) is 65.4 Å². The molecule has 0 bridgehead atoms. The Balaban J connectivity index is 1.25. The number of amides is 1. The fourth-order valence-electron chi connectivity index (χ4n) is 7.83. The van der Waals surface area contributed by atoms with E-state index in [9.17, 15) is 59.9 Å². The maximum atomic E-state index is 13.9. The number of hydrogen-bond acceptors (Lipinski definition) is 13. The lowest BCUT2D eigenvalue weighted by atomic mass is 9.77. The standard InChI is InChI=1S/C42H44FNO14/c43-24-13-10-21(11-14-24)28(46)17-16-27-31(44(40(27)53)25-4-2-1-3-5-25)26-15-12-23(18-29(26)57-42-37(52)34(49)36(51)39(58-42)41(54)55)20-6-8-22(9-7-20)38-35(50)33(48)32(47)30(19-45)56-38/h1-15,18,27-28,30-39,42,45-52H,16-17,19H2,(H,54,55)/t27-,28+,30-,31-,32-,33+,34+,35-,36+,37?,38?,39?,42-/m1/s1. The predicted octanol–water partition coefficient (Wildman–Crippen LogP) is 1.50. The number of hydrogen-bond donors (Lipinski definition) is 9. The summed E-state index contributed by atoms with van der Waals surface area (Å²) in [5, 5.41) is 93.4. The van der Waals surface area contributed by atoms with Gasteiger partial charge in [-0.2, -0.15) is 0 Å². The molecule has 1 amide bonds.